The summed E-state index contributed by atoms with van der Waals surface area (Å²) in [4.78, 5) is 43.4. The van der Waals surface area contributed by atoms with Crippen molar-refractivity contribution in [3.8, 4) is 5.69 Å². The van der Waals surface area contributed by atoms with Gasteiger partial charge in [0.05, 0.1) is 25.2 Å². The number of aromatic nitrogens is 4. The number of hydrogen-bond donors (Lipinski definition) is 0. The van der Waals surface area contributed by atoms with Crippen molar-refractivity contribution >= 4 is 17.1 Å². The van der Waals surface area contributed by atoms with Gasteiger partial charge in [0.15, 0.2) is 11.2 Å². The van der Waals surface area contributed by atoms with E-state index in [0.29, 0.717) is 5.69 Å². The van der Waals surface area contributed by atoms with Crippen LogP contribution in [0, 0.1) is 5.82 Å². The standard InChI is InChI=1S/C23H21FN4O4/c1-3-32-22(30)15(2)27-14-25-20-19(27)21(29)26(13-16-7-5-4-6-8-16)23(31)28(20)18-11-9-17(24)10-12-18/h4-12,14-15H,3,13H2,1-2H3. The first-order chi connectivity index (χ1) is 15.4. The van der Waals surface area contributed by atoms with Gasteiger partial charge in [0.1, 0.15) is 11.9 Å². The zero-order valence-electron chi connectivity index (χ0n) is 17.6. The maximum atomic E-state index is 13.5. The average molecular weight is 436 g/mol. The SMILES string of the molecule is CCOC(=O)C(C)n1cnc2c1c(=O)n(Cc1ccccc1)c(=O)n2-c1ccc(F)cc1. The van der Waals surface area contributed by atoms with E-state index in [1.165, 1.54) is 39.7 Å². The molecule has 9 heteroatoms. The Morgan fingerprint density at radius 1 is 1.09 bits per heavy atom. The van der Waals surface area contributed by atoms with Crippen LogP contribution in [-0.2, 0) is 16.1 Å². The minimum atomic E-state index is -0.836. The van der Waals surface area contributed by atoms with E-state index >= 15 is 0 Å². The summed E-state index contributed by atoms with van der Waals surface area (Å²) in [5.41, 5.74) is 0.0452. The molecule has 0 saturated heterocycles. The second-order valence-corrected chi connectivity index (χ2v) is 7.22. The molecule has 0 fully saturated rings. The Morgan fingerprint density at radius 2 is 1.78 bits per heavy atom. The molecule has 4 rings (SSSR count). The summed E-state index contributed by atoms with van der Waals surface area (Å²) >= 11 is 0. The van der Waals surface area contributed by atoms with Gasteiger partial charge in [-0.15, -0.1) is 0 Å². The summed E-state index contributed by atoms with van der Waals surface area (Å²) in [5, 5.41) is 0. The fourth-order valence-corrected chi connectivity index (χ4v) is 3.55. The smallest absolute Gasteiger partial charge is 0.337 e. The number of nitrogens with zero attached hydrogens (tertiary/aromatic N) is 4. The second kappa shape index (κ2) is 8.62. The highest BCUT2D eigenvalue weighted by Crippen LogP contribution is 2.18. The van der Waals surface area contributed by atoms with E-state index in [-0.39, 0.29) is 24.3 Å². The van der Waals surface area contributed by atoms with E-state index in [1.807, 2.05) is 18.2 Å². The van der Waals surface area contributed by atoms with Crippen molar-refractivity contribution in [1.82, 2.24) is 18.7 Å². The van der Waals surface area contributed by atoms with E-state index in [1.54, 1.807) is 26.0 Å². The molecule has 0 radical (unpaired) electrons. The van der Waals surface area contributed by atoms with Crippen LogP contribution in [0.1, 0.15) is 25.5 Å². The van der Waals surface area contributed by atoms with Crippen LogP contribution in [0.15, 0.2) is 70.5 Å². The van der Waals surface area contributed by atoms with Crippen molar-refractivity contribution in [2.75, 3.05) is 6.61 Å². The Bertz CT molecular complexity index is 1390. The van der Waals surface area contributed by atoms with Crippen LogP contribution in [-0.4, -0.2) is 31.3 Å². The van der Waals surface area contributed by atoms with Crippen molar-refractivity contribution in [3.05, 3.63) is 93.1 Å². The van der Waals surface area contributed by atoms with Crippen LogP contribution in [0.2, 0.25) is 0 Å². The first-order valence-electron chi connectivity index (χ1n) is 10.1. The van der Waals surface area contributed by atoms with Gasteiger partial charge in [0.2, 0.25) is 0 Å². The molecule has 0 spiro atoms. The van der Waals surface area contributed by atoms with Crippen LogP contribution >= 0.6 is 0 Å². The number of benzene rings is 2. The molecule has 0 N–H and O–H groups in total. The largest absolute Gasteiger partial charge is 0.464 e. The normalized spacial score (nSPS) is 12.1. The van der Waals surface area contributed by atoms with Gasteiger partial charge in [0.25, 0.3) is 5.56 Å². The number of carbonyl (C=O) groups is 1. The number of imidazole rings is 1. The Morgan fingerprint density at radius 3 is 2.44 bits per heavy atom. The van der Waals surface area contributed by atoms with E-state index in [4.69, 9.17) is 4.74 Å². The molecule has 2 aromatic heterocycles. The lowest BCUT2D eigenvalue weighted by Crippen LogP contribution is -2.40. The third-order valence-electron chi connectivity index (χ3n) is 5.17. The molecule has 4 aromatic rings. The highest BCUT2D eigenvalue weighted by Gasteiger charge is 2.24. The molecule has 0 saturated carbocycles. The predicted molar refractivity (Wildman–Crippen MR) is 116 cm³/mol. The molecule has 0 aliphatic heterocycles. The van der Waals surface area contributed by atoms with Gasteiger partial charge in [-0.3, -0.25) is 9.36 Å². The Labute approximate surface area is 182 Å². The minimum Gasteiger partial charge on any atom is -0.464 e. The van der Waals surface area contributed by atoms with E-state index in [9.17, 15) is 18.8 Å². The first kappa shape index (κ1) is 21.2. The van der Waals surface area contributed by atoms with Gasteiger partial charge in [0, 0.05) is 0 Å². The number of ether oxygens (including phenoxy) is 1. The molecule has 8 nitrogen and oxygen atoms in total. The highest BCUT2D eigenvalue weighted by atomic mass is 19.1. The quantitative estimate of drug-likeness (QED) is 0.434. The second-order valence-electron chi connectivity index (χ2n) is 7.22. The van der Waals surface area contributed by atoms with E-state index < -0.39 is 29.1 Å². The molecule has 1 unspecified atom stereocenters. The third-order valence-corrected chi connectivity index (χ3v) is 5.17. The van der Waals surface area contributed by atoms with Gasteiger partial charge in [-0.2, -0.15) is 0 Å². The summed E-state index contributed by atoms with van der Waals surface area (Å²) in [7, 11) is 0. The van der Waals surface area contributed by atoms with E-state index in [2.05, 4.69) is 4.98 Å². The molecule has 0 aliphatic carbocycles. The fourth-order valence-electron chi connectivity index (χ4n) is 3.55. The Kier molecular flexibility index (Phi) is 5.72. The lowest BCUT2D eigenvalue weighted by molar-refractivity contribution is -0.146. The van der Waals surface area contributed by atoms with Gasteiger partial charge >= 0.3 is 11.7 Å². The minimum absolute atomic E-state index is 0.0224. The number of esters is 1. The van der Waals surface area contributed by atoms with Crippen LogP contribution < -0.4 is 11.2 Å². The molecule has 0 amide bonds. The van der Waals surface area contributed by atoms with Crippen LogP contribution in [0.3, 0.4) is 0 Å². The molecule has 2 heterocycles. The molecule has 0 aliphatic rings. The summed E-state index contributed by atoms with van der Waals surface area (Å²) in [6.07, 6.45) is 1.33. The highest BCUT2D eigenvalue weighted by molar-refractivity contribution is 5.79. The number of rotatable bonds is 6. The average Bonchev–Trinajstić information content (AvgIpc) is 3.23. The summed E-state index contributed by atoms with van der Waals surface area (Å²) in [5.74, 6) is -0.988. The number of hydrogen-bond acceptors (Lipinski definition) is 5. The molecular weight excluding hydrogens is 415 g/mol. The van der Waals surface area contributed by atoms with Crippen LogP contribution in [0.5, 0.6) is 0 Å². The Hall–Kier alpha value is -4.01. The van der Waals surface area contributed by atoms with Gasteiger partial charge in [-0.1, -0.05) is 30.3 Å². The Balaban J connectivity index is 2.01. The molecular formula is C23H21FN4O4. The zero-order valence-corrected chi connectivity index (χ0v) is 17.6. The van der Waals surface area contributed by atoms with Gasteiger partial charge in [-0.25, -0.2) is 23.5 Å². The van der Waals surface area contributed by atoms with Crippen molar-refractivity contribution in [2.45, 2.75) is 26.4 Å². The number of fused-ring (bicyclic) bond motifs is 1. The summed E-state index contributed by atoms with van der Waals surface area (Å²) in [6, 6.07) is 13.5. The van der Waals surface area contributed by atoms with Crippen LogP contribution in [0.25, 0.3) is 16.9 Å². The third kappa shape index (κ3) is 3.73. The van der Waals surface area contributed by atoms with Gasteiger partial charge < -0.3 is 9.30 Å². The molecule has 164 valence electrons. The predicted octanol–water partition coefficient (Wildman–Crippen LogP) is 2.66. The molecule has 32 heavy (non-hydrogen) atoms. The zero-order chi connectivity index (χ0) is 22.8. The molecule has 1 atom stereocenters. The topological polar surface area (TPSA) is 88.1 Å². The lowest BCUT2D eigenvalue weighted by atomic mass is 10.2. The van der Waals surface area contributed by atoms with Gasteiger partial charge in [-0.05, 0) is 43.7 Å². The number of carbonyl (C=O) groups excluding carboxylic acids is 1. The molecule has 0 bridgehead atoms. The number of halogens is 1. The monoisotopic (exact) mass is 436 g/mol. The summed E-state index contributed by atoms with van der Waals surface area (Å²) in [6.45, 7) is 3.49. The van der Waals surface area contributed by atoms with Crippen molar-refractivity contribution < 1.29 is 13.9 Å². The maximum absolute atomic E-state index is 13.5. The molecule has 2 aromatic carbocycles. The maximum Gasteiger partial charge on any atom is 0.337 e. The van der Waals surface area contributed by atoms with E-state index in [0.717, 1.165) is 10.1 Å². The lowest BCUT2D eigenvalue weighted by Gasteiger charge is -2.15. The first-order valence-corrected chi connectivity index (χ1v) is 10.1. The van der Waals surface area contributed by atoms with Crippen LogP contribution in [0.4, 0.5) is 4.39 Å². The van der Waals surface area contributed by atoms with Crippen molar-refractivity contribution in [1.29, 1.82) is 0 Å². The fraction of sp³-hybridized carbons (Fsp3) is 0.217. The van der Waals surface area contributed by atoms with Crippen molar-refractivity contribution in [3.63, 3.8) is 0 Å². The summed E-state index contributed by atoms with van der Waals surface area (Å²) < 4.78 is 22.3. The van der Waals surface area contributed by atoms with Crippen molar-refractivity contribution in [2.24, 2.45) is 0 Å².